The van der Waals surface area contributed by atoms with Crippen LogP contribution < -0.4 is 5.32 Å². The molecule has 5 nitrogen and oxygen atoms in total. The van der Waals surface area contributed by atoms with Gasteiger partial charge in [0.2, 0.25) is 5.91 Å². The minimum atomic E-state index is -1.89. The summed E-state index contributed by atoms with van der Waals surface area (Å²) in [6, 6.07) is 6.46. The van der Waals surface area contributed by atoms with Crippen LogP contribution >= 0.6 is 0 Å². The summed E-state index contributed by atoms with van der Waals surface area (Å²) in [6.07, 6.45) is -0.0946. The number of hydrogen-bond donors (Lipinski definition) is 3. The van der Waals surface area contributed by atoms with Gasteiger partial charge in [-0.1, -0.05) is 12.1 Å². The Labute approximate surface area is 118 Å². The summed E-state index contributed by atoms with van der Waals surface area (Å²) in [5.74, 6) is -2.12. The quantitative estimate of drug-likeness (QED) is 0.678. The molecular weight excluding hydrogens is 263 g/mol. The summed E-state index contributed by atoms with van der Waals surface area (Å²) in [7, 11) is 0. The first kappa shape index (κ1) is 15.3. The third-order valence-corrected chi connectivity index (χ3v) is 3.21. The third-order valence-electron chi connectivity index (χ3n) is 3.21. The molecule has 1 aliphatic rings. The number of morpholine rings is 1. The Kier molecular flexibility index (Phi) is 5.06. The molecule has 1 heterocycles. The molecule has 0 spiro atoms. The summed E-state index contributed by atoms with van der Waals surface area (Å²) in [4.78, 5) is 2.20. The molecule has 1 atom stereocenters. The van der Waals surface area contributed by atoms with Crippen molar-refractivity contribution in [2.45, 2.75) is 25.5 Å². The Morgan fingerprint density at radius 2 is 2.10 bits per heavy atom. The van der Waals surface area contributed by atoms with Gasteiger partial charge in [-0.05, 0) is 17.7 Å². The Hall–Kier alpha value is -1.05. The van der Waals surface area contributed by atoms with Gasteiger partial charge in [-0.3, -0.25) is 10.2 Å². The van der Waals surface area contributed by atoms with Crippen molar-refractivity contribution in [2.24, 2.45) is 0 Å². The fourth-order valence-electron chi connectivity index (χ4n) is 2.20. The first-order chi connectivity index (χ1) is 9.42. The highest BCUT2D eigenvalue weighted by Crippen LogP contribution is 2.11. The standard InChI is InChI=1S/C14H21FN2O3/c1-14(18,19)16-8-13-10-17(6-7-20-13)9-11-2-4-12(15)5-3-11/h2-5,13,16,18-19H,6-10H2,1H3/t13-/m1/s1. The van der Waals surface area contributed by atoms with Gasteiger partial charge in [0.05, 0.1) is 12.7 Å². The van der Waals surface area contributed by atoms with Gasteiger partial charge >= 0.3 is 0 Å². The first-order valence-electron chi connectivity index (χ1n) is 6.70. The highest BCUT2D eigenvalue weighted by Gasteiger charge is 2.23. The second kappa shape index (κ2) is 6.60. The van der Waals surface area contributed by atoms with E-state index < -0.39 is 5.91 Å². The molecule has 112 valence electrons. The van der Waals surface area contributed by atoms with Gasteiger partial charge < -0.3 is 14.9 Å². The van der Waals surface area contributed by atoms with Crippen LogP contribution in [-0.2, 0) is 11.3 Å². The van der Waals surface area contributed by atoms with Crippen LogP contribution in [0.5, 0.6) is 0 Å². The molecule has 1 aromatic carbocycles. The lowest BCUT2D eigenvalue weighted by molar-refractivity contribution is -0.176. The molecule has 6 heteroatoms. The molecule has 1 aromatic rings. The molecule has 0 saturated carbocycles. The Morgan fingerprint density at radius 1 is 1.40 bits per heavy atom. The van der Waals surface area contributed by atoms with Gasteiger partial charge in [0.15, 0.2) is 0 Å². The number of nitrogens with zero attached hydrogens (tertiary/aromatic N) is 1. The summed E-state index contributed by atoms with van der Waals surface area (Å²) >= 11 is 0. The van der Waals surface area contributed by atoms with E-state index >= 15 is 0 Å². The molecule has 1 saturated heterocycles. The molecule has 0 bridgehead atoms. The van der Waals surface area contributed by atoms with E-state index in [4.69, 9.17) is 4.74 Å². The Bertz CT molecular complexity index is 419. The highest BCUT2D eigenvalue weighted by molar-refractivity contribution is 5.15. The molecule has 0 amide bonds. The van der Waals surface area contributed by atoms with Crippen molar-refractivity contribution in [1.29, 1.82) is 0 Å². The maximum absolute atomic E-state index is 12.9. The van der Waals surface area contributed by atoms with E-state index in [0.29, 0.717) is 19.7 Å². The van der Waals surface area contributed by atoms with Crippen LogP contribution in [0.25, 0.3) is 0 Å². The van der Waals surface area contributed by atoms with Gasteiger partial charge in [0.1, 0.15) is 5.82 Å². The van der Waals surface area contributed by atoms with Gasteiger partial charge in [-0.2, -0.15) is 0 Å². The topological polar surface area (TPSA) is 65.0 Å². The molecule has 0 radical (unpaired) electrons. The van der Waals surface area contributed by atoms with E-state index in [1.54, 1.807) is 12.1 Å². The molecule has 0 aliphatic carbocycles. The summed E-state index contributed by atoms with van der Waals surface area (Å²) in [5, 5.41) is 21.0. The summed E-state index contributed by atoms with van der Waals surface area (Å²) < 4.78 is 18.4. The number of ether oxygens (including phenoxy) is 1. The van der Waals surface area contributed by atoms with E-state index in [-0.39, 0.29) is 11.9 Å². The lowest BCUT2D eigenvalue weighted by atomic mass is 10.2. The maximum atomic E-state index is 12.9. The highest BCUT2D eigenvalue weighted by atomic mass is 19.1. The van der Waals surface area contributed by atoms with Crippen molar-refractivity contribution >= 4 is 0 Å². The second-order valence-electron chi connectivity index (χ2n) is 5.26. The third kappa shape index (κ3) is 5.15. The average molecular weight is 284 g/mol. The molecule has 20 heavy (non-hydrogen) atoms. The van der Waals surface area contributed by atoms with E-state index in [1.165, 1.54) is 19.1 Å². The van der Waals surface area contributed by atoms with Crippen molar-refractivity contribution < 1.29 is 19.3 Å². The van der Waals surface area contributed by atoms with E-state index in [9.17, 15) is 14.6 Å². The Morgan fingerprint density at radius 3 is 2.75 bits per heavy atom. The van der Waals surface area contributed by atoms with Crippen molar-refractivity contribution in [3.05, 3.63) is 35.6 Å². The van der Waals surface area contributed by atoms with Crippen molar-refractivity contribution in [3.8, 4) is 0 Å². The zero-order valence-electron chi connectivity index (χ0n) is 11.6. The smallest absolute Gasteiger partial charge is 0.219 e. The fourth-order valence-corrected chi connectivity index (χ4v) is 2.20. The van der Waals surface area contributed by atoms with Crippen LogP contribution in [-0.4, -0.2) is 53.4 Å². The van der Waals surface area contributed by atoms with Gasteiger partial charge in [0.25, 0.3) is 0 Å². The first-order valence-corrected chi connectivity index (χ1v) is 6.70. The fraction of sp³-hybridized carbons (Fsp3) is 0.571. The van der Waals surface area contributed by atoms with Crippen molar-refractivity contribution in [2.75, 3.05) is 26.2 Å². The van der Waals surface area contributed by atoms with Gasteiger partial charge in [-0.15, -0.1) is 0 Å². The summed E-state index contributed by atoms with van der Waals surface area (Å²) in [5.41, 5.74) is 1.05. The van der Waals surface area contributed by atoms with Crippen LogP contribution in [0.2, 0.25) is 0 Å². The SMILES string of the molecule is CC(O)(O)NC[C@@H]1CN(Cc2ccc(F)cc2)CCO1. The Balaban J connectivity index is 1.82. The minimum Gasteiger partial charge on any atom is -0.374 e. The van der Waals surface area contributed by atoms with Crippen molar-refractivity contribution in [3.63, 3.8) is 0 Å². The number of hydrogen-bond acceptors (Lipinski definition) is 5. The van der Waals surface area contributed by atoms with E-state index in [2.05, 4.69) is 10.2 Å². The van der Waals surface area contributed by atoms with Crippen LogP contribution in [0, 0.1) is 5.82 Å². The molecule has 1 aliphatic heterocycles. The number of benzene rings is 1. The molecular formula is C14H21FN2O3. The number of rotatable bonds is 5. The zero-order chi connectivity index (χ0) is 14.6. The summed E-state index contributed by atoms with van der Waals surface area (Å²) in [6.45, 7) is 4.47. The maximum Gasteiger partial charge on any atom is 0.219 e. The number of aliphatic hydroxyl groups is 2. The van der Waals surface area contributed by atoms with E-state index in [0.717, 1.165) is 18.7 Å². The predicted octanol–water partition coefficient (Wildman–Crippen LogP) is 0.274. The molecule has 0 aromatic heterocycles. The zero-order valence-corrected chi connectivity index (χ0v) is 11.6. The average Bonchev–Trinajstić information content (AvgIpc) is 2.39. The molecule has 2 rings (SSSR count). The lowest BCUT2D eigenvalue weighted by Crippen LogP contribution is -2.51. The monoisotopic (exact) mass is 284 g/mol. The predicted molar refractivity (Wildman–Crippen MR) is 72.3 cm³/mol. The lowest BCUT2D eigenvalue weighted by Gasteiger charge is -2.34. The number of nitrogens with one attached hydrogen (secondary N) is 1. The number of halogens is 1. The van der Waals surface area contributed by atoms with Crippen LogP contribution in [0.15, 0.2) is 24.3 Å². The minimum absolute atomic E-state index is 0.0946. The normalized spacial score (nSPS) is 21.1. The van der Waals surface area contributed by atoms with Crippen molar-refractivity contribution in [1.82, 2.24) is 10.2 Å². The van der Waals surface area contributed by atoms with Crippen LogP contribution in [0.1, 0.15) is 12.5 Å². The largest absolute Gasteiger partial charge is 0.374 e. The molecule has 1 fully saturated rings. The van der Waals surface area contributed by atoms with E-state index in [1.807, 2.05) is 0 Å². The molecule has 0 unspecified atom stereocenters. The second-order valence-corrected chi connectivity index (χ2v) is 5.26. The van der Waals surface area contributed by atoms with Gasteiger partial charge in [0, 0.05) is 33.1 Å². The van der Waals surface area contributed by atoms with Crippen LogP contribution in [0.4, 0.5) is 4.39 Å². The molecule has 3 N–H and O–H groups in total. The van der Waals surface area contributed by atoms with Gasteiger partial charge in [-0.25, -0.2) is 4.39 Å². The van der Waals surface area contributed by atoms with Crippen LogP contribution in [0.3, 0.4) is 0 Å².